The molecule has 0 bridgehead atoms. The fraction of sp³-hybridized carbons (Fsp3) is 0.368. The summed E-state index contributed by atoms with van der Waals surface area (Å²) in [5, 5.41) is 0. The van der Waals surface area contributed by atoms with E-state index in [0.29, 0.717) is 5.92 Å². The number of benzene rings is 2. The Bertz CT molecular complexity index is 521. The molecule has 0 unspecified atom stereocenters. The van der Waals surface area contributed by atoms with E-state index in [1.807, 2.05) is 0 Å². The lowest BCUT2D eigenvalue weighted by Gasteiger charge is -2.18. The highest BCUT2D eigenvalue weighted by Gasteiger charge is 2.12. The smallest absolute Gasteiger partial charge is 0.0149 e. The van der Waals surface area contributed by atoms with Gasteiger partial charge in [-0.25, -0.2) is 0 Å². The Balaban J connectivity index is 2.49. The Morgan fingerprint density at radius 3 is 2.26 bits per heavy atom. The molecule has 2 aromatic rings. The number of hydrogen-bond acceptors (Lipinski definition) is 0. The van der Waals surface area contributed by atoms with Crippen LogP contribution < -0.4 is 0 Å². The first kappa shape index (κ1) is 13.9. The van der Waals surface area contributed by atoms with Gasteiger partial charge in [0.1, 0.15) is 0 Å². The summed E-state index contributed by atoms with van der Waals surface area (Å²) in [7, 11) is 0. The molecule has 2 aromatic carbocycles. The number of rotatable bonds is 5. The summed E-state index contributed by atoms with van der Waals surface area (Å²) in [5.74, 6) is 0.668. The molecule has 0 amide bonds. The van der Waals surface area contributed by atoms with Crippen LogP contribution in [0.4, 0.5) is 0 Å². The third kappa shape index (κ3) is 3.07. The predicted molar refractivity (Wildman–Crippen MR) is 84.6 cm³/mol. The van der Waals surface area contributed by atoms with Gasteiger partial charge in [0.25, 0.3) is 0 Å². The first-order valence-corrected chi connectivity index (χ1v) is 7.48. The predicted octanol–water partition coefficient (Wildman–Crippen LogP) is 5.82. The van der Waals surface area contributed by atoms with Crippen LogP contribution in [0.2, 0.25) is 0 Å². The Morgan fingerprint density at radius 2 is 1.58 bits per heavy atom. The van der Waals surface area contributed by atoms with Gasteiger partial charge in [-0.2, -0.15) is 0 Å². The van der Waals surface area contributed by atoms with Crippen LogP contribution in [0, 0.1) is 0 Å². The molecule has 0 spiro atoms. The summed E-state index contributed by atoms with van der Waals surface area (Å²) in [6.45, 7) is 6.78. The van der Waals surface area contributed by atoms with Gasteiger partial charge in [-0.1, -0.05) is 69.3 Å². The van der Waals surface area contributed by atoms with Gasteiger partial charge < -0.3 is 0 Å². The van der Waals surface area contributed by atoms with Gasteiger partial charge in [0.2, 0.25) is 0 Å². The van der Waals surface area contributed by atoms with E-state index in [1.165, 1.54) is 35.1 Å². The monoisotopic (exact) mass is 252 g/mol. The van der Waals surface area contributed by atoms with Gasteiger partial charge in [-0.05, 0) is 47.4 Å². The van der Waals surface area contributed by atoms with Crippen molar-refractivity contribution >= 4 is 0 Å². The Kier molecular flexibility index (Phi) is 4.79. The second-order valence-electron chi connectivity index (χ2n) is 5.15. The number of hydrogen-bond donors (Lipinski definition) is 0. The first-order chi connectivity index (χ1) is 9.30. The molecule has 0 aliphatic heterocycles. The van der Waals surface area contributed by atoms with Gasteiger partial charge >= 0.3 is 0 Å². The minimum Gasteiger partial charge on any atom is -0.0648 e. The zero-order valence-corrected chi connectivity index (χ0v) is 12.3. The first-order valence-electron chi connectivity index (χ1n) is 7.48. The quantitative estimate of drug-likeness (QED) is 0.629. The van der Waals surface area contributed by atoms with Crippen molar-refractivity contribution in [2.75, 3.05) is 0 Å². The Hall–Kier alpha value is -1.56. The fourth-order valence-corrected chi connectivity index (χ4v) is 2.80. The van der Waals surface area contributed by atoms with E-state index >= 15 is 0 Å². The van der Waals surface area contributed by atoms with Gasteiger partial charge in [-0.3, -0.25) is 0 Å². The lowest BCUT2D eigenvalue weighted by molar-refractivity contribution is 0.643. The van der Waals surface area contributed by atoms with Crippen LogP contribution in [0.1, 0.15) is 50.7 Å². The summed E-state index contributed by atoms with van der Waals surface area (Å²) in [6, 6.07) is 17.8. The summed E-state index contributed by atoms with van der Waals surface area (Å²) in [5.41, 5.74) is 5.69. The van der Waals surface area contributed by atoms with Crippen molar-refractivity contribution in [3.63, 3.8) is 0 Å². The van der Waals surface area contributed by atoms with Crippen molar-refractivity contribution in [3.8, 4) is 11.1 Å². The highest BCUT2D eigenvalue weighted by Crippen LogP contribution is 2.33. The summed E-state index contributed by atoms with van der Waals surface area (Å²) in [6.07, 6.45) is 3.52. The molecule has 2 rings (SSSR count). The molecule has 0 nitrogen and oxygen atoms in total. The summed E-state index contributed by atoms with van der Waals surface area (Å²) < 4.78 is 0. The van der Waals surface area contributed by atoms with E-state index in [2.05, 4.69) is 69.3 Å². The van der Waals surface area contributed by atoms with Crippen LogP contribution in [-0.2, 0) is 6.42 Å². The van der Waals surface area contributed by atoms with E-state index in [0.717, 1.165) is 6.42 Å². The van der Waals surface area contributed by atoms with E-state index in [9.17, 15) is 0 Å². The molecular weight excluding hydrogens is 228 g/mol. The van der Waals surface area contributed by atoms with E-state index in [4.69, 9.17) is 0 Å². The largest absolute Gasteiger partial charge is 0.0648 e. The summed E-state index contributed by atoms with van der Waals surface area (Å²) >= 11 is 0. The molecule has 19 heavy (non-hydrogen) atoms. The van der Waals surface area contributed by atoms with Gasteiger partial charge in [0.15, 0.2) is 0 Å². The molecular formula is C19H24. The van der Waals surface area contributed by atoms with Crippen molar-refractivity contribution in [1.82, 2.24) is 0 Å². The molecule has 100 valence electrons. The van der Waals surface area contributed by atoms with Crippen LogP contribution in [0.25, 0.3) is 11.1 Å². The normalized spacial score (nSPS) is 10.9. The maximum atomic E-state index is 2.33. The molecule has 0 aliphatic carbocycles. The van der Waals surface area contributed by atoms with Crippen LogP contribution >= 0.6 is 0 Å². The molecule has 0 fully saturated rings. The fourth-order valence-electron chi connectivity index (χ4n) is 2.80. The third-order valence-corrected chi connectivity index (χ3v) is 4.03. The van der Waals surface area contributed by atoms with Crippen molar-refractivity contribution in [1.29, 1.82) is 0 Å². The molecule has 0 aliphatic rings. The highest BCUT2D eigenvalue weighted by molar-refractivity contribution is 5.68. The topological polar surface area (TPSA) is 0 Å². The van der Waals surface area contributed by atoms with Gasteiger partial charge in [0, 0.05) is 0 Å². The van der Waals surface area contributed by atoms with Crippen LogP contribution in [0.15, 0.2) is 48.5 Å². The van der Waals surface area contributed by atoms with Crippen LogP contribution in [0.5, 0.6) is 0 Å². The maximum absolute atomic E-state index is 2.33. The SMILES string of the molecule is CCc1cccc(-c2ccccc2C(CC)CC)c1. The second kappa shape index (κ2) is 6.56. The summed E-state index contributed by atoms with van der Waals surface area (Å²) in [4.78, 5) is 0. The second-order valence-corrected chi connectivity index (χ2v) is 5.15. The lowest BCUT2D eigenvalue weighted by atomic mass is 9.87. The van der Waals surface area contributed by atoms with E-state index in [-0.39, 0.29) is 0 Å². The molecule has 0 heterocycles. The van der Waals surface area contributed by atoms with Crippen LogP contribution in [0.3, 0.4) is 0 Å². The third-order valence-electron chi connectivity index (χ3n) is 4.03. The average molecular weight is 252 g/mol. The Labute approximate surface area is 117 Å². The highest BCUT2D eigenvalue weighted by atomic mass is 14.2. The maximum Gasteiger partial charge on any atom is -0.0149 e. The molecule has 0 atom stereocenters. The minimum absolute atomic E-state index is 0.668. The zero-order chi connectivity index (χ0) is 13.7. The molecule has 0 aromatic heterocycles. The average Bonchev–Trinajstić information content (AvgIpc) is 2.49. The van der Waals surface area contributed by atoms with Crippen molar-refractivity contribution < 1.29 is 0 Å². The molecule has 0 saturated carbocycles. The zero-order valence-electron chi connectivity index (χ0n) is 12.3. The van der Waals surface area contributed by atoms with E-state index < -0.39 is 0 Å². The van der Waals surface area contributed by atoms with Gasteiger partial charge in [0.05, 0.1) is 0 Å². The van der Waals surface area contributed by atoms with Crippen molar-refractivity contribution in [2.24, 2.45) is 0 Å². The number of aryl methyl sites for hydroxylation is 1. The minimum atomic E-state index is 0.668. The molecule has 0 saturated heterocycles. The van der Waals surface area contributed by atoms with Crippen molar-refractivity contribution in [3.05, 3.63) is 59.7 Å². The standard InChI is InChI=1S/C19H24/c1-4-15-10-9-11-17(14-15)19-13-8-7-12-18(19)16(5-2)6-3/h7-14,16H,4-6H2,1-3H3. The lowest BCUT2D eigenvalue weighted by Crippen LogP contribution is -1.98. The van der Waals surface area contributed by atoms with Crippen LogP contribution in [-0.4, -0.2) is 0 Å². The molecule has 0 N–H and O–H groups in total. The van der Waals surface area contributed by atoms with E-state index in [1.54, 1.807) is 0 Å². The molecule has 0 heteroatoms. The van der Waals surface area contributed by atoms with Crippen molar-refractivity contribution in [2.45, 2.75) is 46.0 Å². The Morgan fingerprint density at radius 1 is 0.842 bits per heavy atom. The molecule has 0 radical (unpaired) electrons. The van der Waals surface area contributed by atoms with Gasteiger partial charge in [-0.15, -0.1) is 0 Å².